The smallest absolute Gasteiger partial charge is 0.130 e. The first-order valence-corrected chi connectivity index (χ1v) is 5.64. The highest BCUT2D eigenvalue weighted by atomic mass is 35.5. The van der Waals surface area contributed by atoms with Crippen molar-refractivity contribution in [3.63, 3.8) is 0 Å². The summed E-state index contributed by atoms with van der Waals surface area (Å²) < 4.78 is 18.6. The second-order valence-corrected chi connectivity index (χ2v) is 3.87. The molecular formula is C12H16ClFO. The summed E-state index contributed by atoms with van der Waals surface area (Å²) in [5, 5.41) is 0.436. The maximum absolute atomic E-state index is 13.3. The lowest BCUT2D eigenvalue weighted by atomic mass is 10.2. The second kappa shape index (κ2) is 6.81. The third kappa shape index (κ3) is 4.18. The van der Waals surface area contributed by atoms with Gasteiger partial charge in [-0.3, -0.25) is 0 Å². The Morgan fingerprint density at radius 2 is 2.13 bits per heavy atom. The highest BCUT2D eigenvalue weighted by Crippen LogP contribution is 2.19. The average Bonchev–Trinajstić information content (AvgIpc) is 2.21. The van der Waals surface area contributed by atoms with Crippen LogP contribution in [0, 0.1) is 5.82 Å². The highest BCUT2D eigenvalue weighted by Gasteiger charge is 2.05. The molecule has 0 aromatic heterocycles. The molecule has 0 atom stereocenters. The van der Waals surface area contributed by atoms with Gasteiger partial charge in [-0.2, -0.15) is 0 Å². The van der Waals surface area contributed by atoms with Gasteiger partial charge in [0.05, 0.1) is 6.61 Å². The van der Waals surface area contributed by atoms with Crippen LogP contribution in [0.4, 0.5) is 4.39 Å². The quantitative estimate of drug-likeness (QED) is 0.666. The maximum atomic E-state index is 13.3. The van der Waals surface area contributed by atoms with Crippen LogP contribution < -0.4 is 0 Å². The largest absolute Gasteiger partial charge is 0.377 e. The van der Waals surface area contributed by atoms with E-state index in [0.29, 0.717) is 17.2 Å². The fraction of sp³-hybridized carbons (Fsp3) is 0.500. The Hall–Kier alpha value is -0.600. The van der Waals surface area contributed by atoms with Crippen molar-refractivity contribution in [3.8, 4) is 0 Å². The minimum atomic E-state index is -0.294. The van der Waals surface area contributed by atoms with Crippen molar-refractivity contribution in [1.29, 1.82) is 0 Å². The molecule has 84 valence electrons. The van der Waals surface area contributed by atoms with Crippen molar-refractivity contribution in [1.82, 2.24) is 0 Å². The Labute approximate surface area is 95.2 Å². The molecule has 0 saturated heterocycles. The lowest BCUT2D eigenvalue weighted by Crippen LogP contribution is -1.98. The van der Waals surface area contributed by atoms with Crippen molar-refractivity contribution in [2.24, 2.45) is 0 Å². The third-order valence-electron chi connectivity index (χ3n) is 2.20. The first kappa shape index (κ1) is 12.5. The van der Waals surface area contributed by atoms with E-state index in [4.69, 9.17) is 16.3 Å². The number of unbranched alkanes of at least 4 members (excludes halogenated alkanes) is 2. The van der Waals surface area contributed by atoms with E-state index in [0.717, 1.165) is 19.3 Å². The summed E-state index contributed by atoms with van der Waals surface area (Å²) in [7, 11) is 0. The molecule has 0 aliphatic carbocycles. The summed E-state index contributed by atoms with van der Waals surface area (Å²) in [6.07, 6.45) is 3.32. The van der Waals surface area contributed by atoms with Crippen LogP contribution in [0.2, 0.25) is 5.02 Å². The topological polar surface area (TPSA) is 9.23 Å². The molecule has 0 bridgehead atoms. The van der Waals surface area contributed by atoms with Crippen LogP contribution in [-0.4, -0.2) is 6.61 Å². The molecule has 0 saturated carbocycles. The number of hydrogen-bond donors (Lipinski definition) is 0. The molecule has 0 radical (unpaired) electrons. The summed E-state index contributed by atoms with van der Waals surface area (Å²) in [5.41, 5.74) is 0.454. The molecule has 1 aromatic rings. The van der Waals surface area contributed by atoms with E-state index in [1.165, 1.54) is 6.07 Å². The Morgan fingerprint density at radius 1 is 1.33 bits per heavy atom. The molecular weight excluding hydrogens is 215 g/mol. The number of halogens is 2. The normalized spacial score (nSPS) is 10.6. The van der Waals surface area contributed by atoms with Gasteiger partial charge < -0.3 is 4.74 Å². The Balaban J connectivity index is 2.37. The molecule has 0 unspecified atom stereocenters. The van der Waals surface area contributed by atoms with E-state index < -0.39 is 0 Å². The van der Waals surface area contributed by atoms with E-state index in [-0.39, 0.29) is 12.4 Å². The van der Waals surface area contributed by atoms with Crippen LogP contribution in [0.3, 0.4) is 0 Å². The molecule has 0 aliphatic rings. The van der Waals surface area contributed by atoms with Crippen molar-refractivity contribution < 1.29 is 9.13 Å². The molecule has 3 heteroatoms. The van der Waals surface area contributed by atoms with Crippen LogP contribution in [0.1, 0.15) is 31.7 Å². The number of ether oxygens (including phenoxy) is 1. The van der Waals surface area contributed by atoms with Gasteiger partial charge in [0.2, 0.25) is 0 Å². The van der Waals surface area contributed by atoms with E-state index in [2.05, 4.69) is 6.92 Å². The first-order valence-electron chi connectivity index (χ1n) is 5.26. The summed E-state index contributed by atoms with van der Waals surface area (Å²) in [5.74, 6) is -0.294. The van der Waals surface area contributed by atoms with Crippen LogP contribution >= 0.6 is 11.6 Å². The standard InChI is InChI=1S/C12H16ClFO/c1-2-3-4-8-15-9-10-11(13)6-5-7-12(10)14/h5-7H,2-4,8-9H2,1H3. The van der Waals surface area contributed by atoms with Crippen molar-refractivity contribution >= 4 is 11.6 Å². The summed E-state index contributed by atoms with van der Waals surface area (Å²) in [6.45, 7) is 3.06. The van der Waals surface area contributed by atoms with Gasteiger partial charge in [-0.25, -0.2) is 4.39 Å². The van der Waals surface area contributed by atoms with Gasteiger partial charge in [0.15, 0.2) is 0 Å². The van der Waals surface area contributed by atoms with E-state index in [1.54, 1.807) is 12.1 Å². The summed E-state index contributed by atoms with van der Waals surface area (Å²) in [6, 6.07) is 4.67. The van der Waals surface area contributed by atoms with Crippen molar-refractivity contribution in [2.75, 3.05) is 6.61 Å². The third-order valence-corrected chi connectivity index (χ3v) is 2.55. The fourth-order valence-corrected chi connectivity index (χ4v) is 1.52. The van der Waals surface area contributed by atoms with Crippen LogP contribution in [0.15, 0.2) is 18.2 Å². The molecule has 0 N–H and O–H groups in total. The Kier molecular flexibility index (Phi) is 5.66. The van der Waals surface area contributed by atoms with Crippen LogP contribution in [-0.2, 0) is 11.3 Å². The monoisotopic (exact) mass is 230 g/mol. The lowest BCUT2D eigenvalue weighted by Gasteiger charge is -2.06. The molecule has 0 amide bonds. The van der Waals surface area contributed by atoms with Crippen molar-refractivity contribution in [3.05, 3.63) is 34.6 Å². The zero-order valence-electron chi connectivity index (χ0n) is 8.93. The van der Waals surface area contributed by atoms with Gasteiger partial charge in [-0.05, 0) is 18.6 Å². The molecule has 1 aromatic carbocycles. The zero-order valence-corrected chi connectivity index (χ0v) is 9.69. The second-order valence-electron chi connectivity index (χ2n) is 3.46. The first-order chi connectivity index (χ1) is 7.25. The minimum Gasteiger partial charge on any atom is -0.377 e. The van der Waals surface area contributed by atoms with Gasteiger partial charge >= 0.3 is 0 Å². The molecule has 1 nitrogen and oxygen atoms in total. The number of benzene rings is 1. The molecule has 1 rings (SSSR count). The Bertz CT molecular complexity index is 281. The summed E-state index contributed by atoms with van der Waals surface area (Å²) in [4.78, 5) is 0. The van der Waals surface area contributed by atoms with E-state index in [9.17, 15) is 4.39 Å². The van der Waals surface area contributed by atoms with Crippen molar-refractivity contribution in [2.45, 2.75) is 32.8 Å². The van der Waals surface area contributed by atoms with Crippen LogP contribution in [0.25, 0.3) is 0 Å². The predicted octanol–water partition coefficient (Wildman–Crippen LogP) is 4.19. The predicted molar refractivity (Wildman–Crippen MR) is 60.6 cm³/mol. The molecule has 15 heavy (non-hydrogen) atoms. The maximum Gasteiger partial charge on any atom is 0.130 e. The van der Waals surface area contributed by atoms with Gasteiger partial charge in [-0.1, -0.05) is 37.4 Å². The van der Waals surface area contributed by atoms with E-state index in [1.807, 2.05) is 0 Å². The van der Waals surface area contributed by atoms with Gasteiger partial charge in [-0.15, -0.1) is 0 Å². The fourth-order valence-electron chi connectivity index (χ4n) is 1.30. The molecule has 0 heterocycles. The Morgan fingerprint density at radius 3 is 2.80 bits per heavy atom. The summed E-state index contributed by atoms with van der Waals surface area (Å²) >= 11 is 5.85. The molecule has 0 spiro atoms. The number of rotatable bonds is 6. The van der Waals surface area contributed by atoms with Gasteiger partial charge in [0.1, 0.15) is 5.82 Å². The minimum absolute atomic E-state index is 0.259. The van der Waals surface area contributed by atoms with Crippen LogP contribution in [0.5, 0.6) is 0 Å². The zero-order chi connectivity index (χ0) is 11.1. The SMILES string of the molecule is CCCCCOCc1c(F)cccc1Cl. The number of hydrogen-bond acceptors (Lipinski definition) is 1. The molecule has 0 aliphatic heterocycles. The van der Waals surface area contributed by atoms with E-state index >= 15 is 0 Å². The average molecular weight is 231 g/mol. The van der Waals surface area contributed by atoms with Gasteiger partial charge in [0, 0.05) is 17.2 Å². The molecule has 0 fully saturated rings. The highest BCUT2D eigenvalue weighted by molar-refractivity contribution is 6.31. The lowest BCUT2D eigenvalue weighted by molar-refractivity contribution is 0.115. The van der Waals surface area contributed by atoms with Gasteiger partial charge in [0.25, 0.3) is 0 Å².